The Morgan fingerprint density at radius 1 is 0.500 bits per heavy atom. The SMILES string of the molecule is Cc1c2ccsc2c(C)c2c1sc1c2sc2c(C)c3ccsc3c(C)c21. The number of fused-ring (bicyclic) bond motifs is 7. The molecule has 26 heavy (non-hydrogen) atoms. The monoisotopic (exact) mass is 408 g/mol. The van der Waals surface area contributed by atoms with Crippen LogP contribution in [0.1, 0.15) is 22.3 Å². The highest BCUT2D eigenvalue weighted by molar-refractivity contribution is 7.37. The Bertz CT molecular complexity index is 1400. The molecule has 0 N–H and O–H groups in total. The Kier molecular flexibility index (Phi) is 3.04. The molecule has 0 nitrogen and oxygen atoms in total. The molecule has 0 bridgehead atoms. The fourth-order valence-corrected chi connectivity index (χ4v) is 9.47. The van der Waals surface area contributed by atoms with Crippen LogP contribution in [0.3, 0.4) is 0 Å². The summed E-state index contributed by atoms with van der Waals surface area (Å²) in [6.45, 7) is 9.23. The molecule has 0 fully saturated rings. The van der Waals surface area contributed by atoms with E-state index in [1.165, 1.54) is 72.0 Å². The van der Waals surface area contributed by atoms with Crippen molar-refractivity contribution >= 4 is 95.1 Å². The summed E-state index contributed by atoms with van der Waals surface area (Å²) < 4.78 is 8.89. The second kappa shape index (κ2) is 5.08. The molecule has 0 saturated carbocycles. The highest BCUT2D eigenvalue weighted by atomic mass is 32.1. The first kappa shape index (κ1) is 15.6. The minimum atomic E-state index is 1.44. The predicted molar refractivity (Wildman–Crippen MR) is 124 cm³/mol. The molecule has 128 valence electrons. The smallest absolute Gasteiger partial charge is 0.0545 e. The average molecular weight is 409 g/mol. The van der Waals surface area contributed by atoms with Gasteiger partial charge in [0, 0.05) is 29.6 Å². The zero-order chi connectivity index (χ0) is 17.7. The lowest BCUT2D eigenvalue weighted by molar-refractivity contribution is 1.59. The molecular formula is C22H16S4. The van der Waals surface area contributed by atoms with Crippen molar-refractivity contribution in [2.24, 2.45) is 0 Å². The van der Waals surface area contributed by atoms with Gasteiger partial charge in [0.2, 0.25) is 0 Å². The standard InChI is InChI=1S/C22H16S4/c1-9-13-5-7-23-17(13)11(3)15-19(9)25-22-16-12(4)18-14(6-8-24-18)10(2)20(16)26-21(15)22/h5-8H,1-4H3. The molecule has 6 rings (SSSR count). The second-order valence-corrected chi connectivity index (χ2v) is 11.0. The molecule has 4 heterocycles. The topological polar surface area (TPSA) is 0 Å². The van der Waals surface area contributed by atoms with Crippen molar-refractivity contribution in [2.75, 3.05) is 0 Å². The fourth-order valence-electron chi connectivity index (χ4n) is 4.41. The lowest BCUT2D eigenvalue weighted by Gasteiger charge is -2.05. The van der Waals surface area contributed by atoms with E-state index < -0.39 is 0 Å². The van der Waals surface area contributed by atoms with Gasteiger partial charge in [-0.15, -0.1) is 45.3 Å². The summed E-state index contributed by atoms with van der Waals surface area (Å²) in [5, 5.41) is 10.3. The van der Waals surface area contributed by atoms with Crippen molar-refractivity contribution in [3.8, 4) is 0 Å². The predicted octanol–water partition coefficient (Wildman–Crippen LogP) is 8.93. The minimum absolute atomic E-state index is 1.44. The van der Waals surface area contributed by atoms with E-state index in [-0.39, 0.29) is 0 Å². The van der Waals surface area contributed by atoms with Crippen LogP contribution in [0.15, 0.2) is 22.9 Å². The van der Waals surface area contributed by atoms with Gasteiger partial charge in [-0.2, -0.15) is 0 Å². The molecule has 0 unspecified atom stereocenters. The van der Waals surface area contributed by atoms with Crippen LogP contribution in [-0.2, 0) is 0 Å². The van der Waals surface area contributed by atoms with Gasteiger partial charge in [0.05, 0.1) is 9.40 Å². The maximum absolute atomic E-state index is 2.31. The van der Waals surface area contributed by atoms with Gasteiger partial charge in [-0.05, 0) is 83.6 Å². The fraction of sp³-hybridized carbons (Fsp3) is 0.182. The highest BCUT2D eigenvalue weighted by Crippen LogP contribution is 2.51. The van der Waals surface area contributed by atoms with Crippen molar-refractivity contribution in [3.63, 3.8) is 0 Å². The van der Waals surface area contributed by atoms with Crippen molar-refractivity contribution in [3.05, 3.63) is 45.1 Å². The zero-order valence-corrected chi connectivity index (χ0v) is 18.2. The molecule has 0 aliphatic rings. The Hall–Kier alpha value is -1.46. The van der Waals surface area contributed by atoms with Gasteiger partial charge in [-0.3, -0.25) is 0 Å². The number of hydrogen-bond acceptors (Lipinski definition) is 4. The Balaban J connectivity index is 1.95. The molecule has 0 atom stereocenters. The molecule has 0 amide bonds. The maximum Gasteiger partial charge on any atom is 0.0545 e. The van der Waals surface area contributed by atoms with Gasteiger partial charge in [-0.25, -0.2) is 0 Å². The van der Waals surface area contributed by atoms with Gasteiger partial charge in [0.15, 0.2) is 0 Å². The number of hydrogen-bond donors (Lipinski definition) is 0. The second-order valence-electron chi connectivity index (χ2n) is 7.10. The summed E-state index contributed by atoms with van der Waals surface area (Å²) in [5.41, 5.74) is 5.83. The molecule has 0 saturated heterocycles. The molecule has 0 aliphatic carbocycles. The van der Waals surface area contributed by atoms with E-state index in [0.717, 1.165) is 0 Å². The van der Waals surface area contributed by atoms with Crippen LogP contribution in [0.25, 0.3) is 49.7 Å². The quantitative estimate of drug-likeness (QED) is 0.235. The van der Waals surface area contributed by atoms with Crippen molar-refractivity contribution in [1.82, 2.24) is 0 Å². The molecule has 2 aromatic carbocycles. The summed E-state index contributed by atoms with van der Waals surface area (Å²) in [6.07, 6.45) is 0. The average Bonchev–Trinajstić information content (AvgIpc) is 3.39. The first-order valence-electron chi connectivity index (χ1n) is 8.69. The molecule has 0 spiro atoms. The van der Waals surface area contributed by atoms with Crippen molar-refractivity contribution in [2.45, 2.75) is 27.7 Å². The van der Waals surface area contributed by atoms with E-state index in [9.17, 15) is 0 Å². The molecule has 6 aromatic rings. The van der Waals surface area contributed by atoms with Crippen LogP contribution in [0.5, 0.6) is 0 Å². The number of rotatable bonds is 0. The molecule has 4 heteroatoms. The summed E-state index contributed by atoms with van der Waals surface area (Å²) in [6, 6.07) is 4.58. The van der Waals surface area contributed by atoms with E-state index in [1.54, 1.807) is 0 Å². The summed E-state index contributed by atoms with van der Waals surface area (Å²) >= 11 is 7.79. The third-order valence-corrected chi connectivity index (χ3v) is 10.6. The molecule has 0 aliphatic heterocycles. The van der Waals surface area contributed by atoms with Crippen LogP contribution >= 0.6 is 45.3 Å². The maximum atomic E-state index is 2.31. The van der Waals surface area contributed by atoms with Crippen LogP contribution in [0, 0.1) is 27.7 Å². The number of thiophene rings is 4. The van der Waals surface area contributed by atoms with E-state index in [0.29, 0.717) is 0 Å². The van der Waals surface area contributed by atoms with Gasteiger partial charge < -0.3 is 0 Å². The Morgan fingerprint density at radius 2 is 0.923 bits per heavy atom. The van der Waals surface area contributed by atoms with Crippen LogP contribution in [0.2, 0.25) is 0 Å². The van der Waals surface area contributed by atoms with Crippen LogP contribution in [0.4, 0.5) is 0 Å². The highest BCUT2D eigenvalue weighted by Gasteiger charge is 2.21. The van der Waals surface area contributed by atoms with E-state index in [2.05, 4.69) is 50.6 Å². The molecule has 4 aromatic heterocycles. The van der Waals surface area contributed by atoms with Crippen LogP contribution < -0.4 is 0 Å². The van der Waals surface area contributed by atoms with Gasteiger partial charge >= 0.3 is 0 Å². The number of aryl methyl sites for hydroxylation is 4. The number of benzene rings is 2. The Morgan fingerprint density at radius 3 is 1.35 bits per heavy atom. The summed E-state index contributed by atoms with van der Waals surface area (Å²) in [7, 11) is 0. The van der Waals surface area contributed by atoms with Gasteiger partial charge in [0.1, 0.15) is 0 Å². The van der Waals surface area contributed by atoms with Crippen molar-refractivity contribution in [1.29, 1.82) is 0 Å². The zero-order valence-electron chi connectivity index (χ0n) is 14.9. The van der Waals surface area contributed by atoms with E-state index in [1.807, 2.05) is 45.3 Å². The third-order valence-electron chi connectivity index (χ3n) is 5.77. The molecule has 0 radical (unpaired) electrons. The lowest BCUT2D eigenvalue weighted by atomic mass is 10.0. The lowest BCUT2D eigenvalue weighted by Crippen LogP contribution is -1.80. The summed E-state index contributed by atoms with van der Waals surface area (Å²) in [5.74, 6) is 0. The third kappa shape index (κ3) is 1.70. The Labute approximate surface area is 167 Å². The first-order valence-corrected chi connectivity index (χ1v) is 12.1. The van der Waals surface area contributed by atoms with Gasteiger partial charge in [-0.1, -0.05) is 0 Å². The first-order chi connectivity index (χ1) is 12.6. The van der Waals surface area contributed by atoms with E-state index in [4.69, 9.17) is 0 Å². The normalized spacial score (nSPS) is 12.6. The molecular weight excluding hydrogens is 393 g/mol. The summed E-state index contributed by atoms with van der Waals surface area (Å²) in [4.78, 5) is 0. The van der Waals surface area contributed by atoms with E-state index >= 15 is 0 Å². The minimum Gasteiger partial charge on any atom is -0.144 e. The van der Waals surface area contributed by atoms with Gasteiger partial charge in [0.25, 0.3) is 0 Å². The van der Waals surface area contributed by atoms with Crippen LogP contribution in [-0.4, -0.2) is 0 Å². The largest absolute Gasteiger partial charge is 0.144 e. The van der Waals surface area contributed by atoms with Crippen molar-refractivity contribution < 1.29 is 0 Å².